The first-order valence-corrected chi connectivity index (χ1v) is 10.3. The van der Waals surface area contributed by atoms with Gasteiger partial charge < -0.3 is 5.32 Å². The third-order valence-electron chi connectivity index (χ3n) is 6.27. The van der Waals surface area contributed by atoms with Gasteiger partial charge in [-0.2, -0.15) is 0 Å². The molecule has 150 valence electrons. The van der Waals surface area contributed by atoms with Crippen molar-refractivity contribution in [3.8, 4) is 0 Å². The molecule has 1 aliphatic heterocycles. The fourth-order valence-electron chi connectivity index (χ4n) is 4.20. The van der Waals surface area contributed by atoms with Crippen LogP contribution in [0.2, 0.25) is 5.02 Å². The molecule has 0 bridgehead atoms. The van der Waals surface area contributed by atoms with Gasteiger partial charge in [-0.3, -0.25) is 9.69 Å². The summed E-state index contributed by atoms with van der Waals surface area (Å²) in [6.45, 7) is 5.42. The van der Waals surface area contributed by atoms with Crippen LogP contribution in [0.1, 0.15) is 55.1 Å². The van der Waals surface area contributed by atoms with Crippen molar-refractivity contribution in [3.63, 3.8) is 0 Å². The van der Waals surface area contributed by atoms with Crippen molar-refractivity contribution in [1.29, 1.82) is 0 Å². The van der Waals surface area contributed by atoms with Crippen molar-refractivity contribution >= 4 is 17.5 Å². The van der Waals surface area contributed by atoms with E-state index >= 15 is 0 Å². The number of hydrogen-bond donors (Lipinski definition) is 1. The number of nitrogens with one attached hydrogen (secondary N) is 1. The second-order valence-electron chi connectivity index (χ2n) is 7.97. The third kappa shape index (κ3) is 4.08. The summed E-state index contributed by atoms with van der Waals surface area (Å²) in [5.41, 5.74) is 0.950. The van der Waals surface area contributed by atoms with Gasteiger partial charge in [-0.05, 0) is 50.4 Å². The van der Waals surface area contributed by atoms with Gasteiger partial charge in [-0.15, -0.1) is 0 Å². The number of nitrogens with zero attached hydrogens (tertiary/aromatic N) is 1. The number of likely N-dealkylation sites (tertiary alicyclic amines) is 1. The average Bonchev–Trinajstić information content (AvgIpc) is 2.70. The number of amides is 1. The van der Waals surface area contributed by atoms with Crippen LogP contribution < -0.4 is 5.32 Å². The lowest BCUT2D eigenvalue weighted by Gasteiger charge is -2.50. The van der Waals surface area contributed by atoms with Gasteiger partial charge in [0.25, 0.3) is 5.91 Å². The van der Waals surface area contributed by atoms with Gasteiger partial charge in [0, 0.05) is 12.1 Å². The highest BCUT2D eigenvalue weighted by Crippen LogP contribution is 2.40. The number of carbonyl (C=O) groups is 1. The quantitative estimate of drug-likeness (QED) is 0.720. The van der Waals surface area contributed by atoms with Crippen molar-refractivity contribution in [2.24, 2.45) is 5.92 Å². The highest BCUT2D eigenvalue weighted by atomic mass is 35.5. The third-order valence-corrected chi connectivity index (χ3v) is 6.65. The summed E-state index contributed by atoms with van der Waals surface area (Å²) in [5.74, 6) is -0.272. The number of rotatable bonds is 5. The van der Waals surface area contributed by atoms with Crippen LogP contribution in [0.5, 0.6) is 0 Å². The van der Waals surface area contributed by atoms with E-state index in [1.54, 1.807) is 6.07 Å². The molecule has 1 saturated heterocycles. The minimum absolute atomic E-state index is 0.139. The van der Waals surface area contributed by atoms with Crippen molar-refractivity contribution in [3.05, 3.63) is 70.5 Å². The molecule has 0 radical (unpaired) electrons. The molecule has 0 saturated carbocycles. The first-order chi connectivity index (χ1) is 13.4. The highest BCUT2D eigenvalue weighted by Gasteiger charge is 2.43. The number of likely N-dealkylation sites (N-methyl/N-ethyl adjacent to an activating group) is 1. The molecule has 3 atom stereocenters. The molecule has 0 aromatic heterocycles. The second-order valence-corrected chi connectivity index (χ2v) is 8.35. The van der Waals surface area contributed by atoms with E-state index in [0.29, 0.717) is 5.92 Å². The van der Waals surface area contributed by atoms with E-state index < -0.39 is 5.82 Å². The molecular weight excluding hydrogens is 375 g/mol. The van der Waals surface area contributed by atoms with E-state index in [4.69, 9.17) is 11.6 Å². The summed E-state index contributed by atoms with van der Waals surface area (Å²) in [5, 5.41) is 3.02. The molecule has 1 amide bonds. The Labute approximate surface area is 171 Å². The molecular formula is C23H28ClFN2O. The van der Waals surface area contributed by atoms with Crippen LogP contribution in [0.15, 0.2) is 48.5 Å². The maximum absolute atomic E-state index is 13.9. The summed E-state index contributed by atoms with van der Waals surface area (Å²) < 4.78 is 13.9. The van der Waals surface area contributed by atoms with Crippen LogP contribution in [0.4, 0.5) is 4.39 Å². The lowest BCUT2D eigenvalue weighted by atomic mass is 9.75. The molecule has 0 spiro atoms. The monoisotopic (exact) mass is 402 g/mol. The van der Waals surface area contributed by atoms with E-state index in [1.807, 2.05) is 30.3 Å². The lowest BCUT2D eigenvalue weighted by molar-refractivity contribution is 0.0229. The first kappa shape index (κ1) is 20.8. The smallest absolute Gasteiger partial charge is 0.253 e. The summed E-state index contributed by atoms with van der Waals surface area (Å²) in [7, 11) is 2.12. The van der Waals surface area contributed by atoms with Crippen LogP contribution in [-0.2, 0) is 0 Å². The van der Waals surface area contributed by atoms with Crippen molar-refractivity contribution < 1.29 is 9.18 Å². The number of hydrogen-bond acceptors (Lipinski definition) is 2. The van der Waals surface area contributed by atoms with Gasteiger partial charge in [0.2, 0.25) is 0 Å². The predicted molar refractivity (Wildman–Crippen MR) is 112 cm³/mol. The Kier molecular flexibility index (Phi) is 6.41. The number of piperidine rings is 1. The van der Waals surface area contributed by atoms with Crippen LogP contribution in [0, 0.1) is 11.7 Å². The summed E-state index contributed by atoms with van der Waals surface area (Å²) in [6, 6.07) is 14.1. The zero-order valence-electron chi connectivity index (χ0n) is 16.7. The predicted octanol–water partition coefficient (Wildman–Crippen LogP) is 5.46. The molecule has 2 unspecified atom stereocenters. The Balaban J connectivity index is 1.94. The lowest BCUT2D eigenvalue weighted by Crippen LogP contribution is -2.57. The van der Waals surface area contributed by atoms with Gasteiger partial charge in [0.15, 0.2) is 0 Å². The largest absolute Gasteiger partial charge is 0.343 e. The van der Waals surface area contributed by atoms with Crippen LogP contribution >= 0.6 is 11.6 Å². The Morgan fingerprint density at radius 2 is 2.00 bits per heavy atom. The molecule has 3 rings (SSSR count). The average molecular weight is 403 g/mol. The van der Waals surface area contributed by atoms with Crippen LogP contribution in [-0.4, -0.2) is 29.9 Å². The van der Waals surface area contributed by atoms with E-state index in [9.17, 15) is 9.18 Å². The van der Waals surface area contributed by atoms with E-state index in [2.05, 4.69) is 31.1 Å². The molecule has 1 N–H and O–H groups in total. The molecule has 28 heavy (non-hydrogen) atoms. The zero-order valence-corrected chi connectivity index (χ0v) is 17.5. The minimum Gasteiger partial charge on any atom is -0.343 e. The molecule has 1 heterocycles. The molecule has 1 aliphatic rings. The molecule has 3 nitrogen and oxygen atoms in total. The van der Waals surface area contributed by atoms with E-state index in [0.717, 1.165) is 31.4 Å². The number of halogens is 2. The summed E-state index contributed by atoms with van der Waals surface area (Å²) >= 11 is 6.06. The zero-order chi connectivity index (χ0) is 20.3. The van der Waals surface area contributed by atoms with E-state index in [1.165, 1.54) is 12.1 Å². The van der Waals surface area contributed by atoms with Gasteiger partial charge in [0.05, 0.1) is 16.6 Å². The van der Waals surface area contributed by atoms with Crippen LogP contribution in [0.3, 0.4) is 0 Å². The standard InChI is InChI=1S/C23H28ClFN2O/c1-4-16-13-14-23(2,27(3)15-16)21(17-9-6-5-7-10-17)26-22(28)18-11-8-12-19(25)20(18)24/h5-12,16,21H,4,13-15H2,1-3H3,(H,26,28)/t16?,21-,23?/m1/s1. The van der Waals surface area contributed by atoms with Gasteiger partial charge in [0.1, 0.15) is 5.82 Å². The molecule has 5 heteroatoms. The second kappa shape index (κ2) is 8.62. The summed E-state index contributed by atoms with van der Waals surface area (Å²) in [4.78, 5) is 15.4. The van der Waals surface area contributed by atoms with Gasteiger partial charge >= 0.3 is 0 Å². The Hall–Kier alpha value is -1.91. The van der Waals surface area contributed by atoms with Crippen molar-refractivity contribution in [1.82, 2.24) is 10.2 Å². The molecule has 2 aromatic carbocycles. The fourth-order valence-corrected chi connectivity index (χ4v) is 4.42. The van der Waals surface area contributed by atoms with Gasteiger partial charge in [-0.25, -0.2) is 4.39 Å². The van der Waals surface area contributed by atoms with E-state index in [-0.39, 0.29) is 28.1 Å². The Morgan fingerprint density at radius 1 is 1.29 bits per heavy atom. The van der Waals surface area contributed by atoms with Gasteiger partial charge in [-0.1, -0.05) is 61.3 Å². The molecule has 1 fully saturated rings. The topological polar surface area (TPSA) is 32.3 Å². The normalized spacial score (nSPS) is 24.0. The maximum Gasteiger partial charge on any atom is 0.253 e. The Morgan fingerprint density at radius 3 is 2.64 bits per heavy atom. The highest BCUT2D eigenvalue weighted by molar-refractivity contribution is 6.34. The SMILES string of the molecule is CCC1CCC(C)([C@H](NC(=O)c2cccc(F)c2Cl)c2ccccc2)N(C)C1. The fraction of sp³-hybridized carbons (Fsp3) is 0.435. The van der Waals surface area contributed by atoms with Crippen molar-refractivity contribution in [2.75, 3.05) is 13.6 Å². The minimum atomic E-state index is -0.586. The maximum atomic E-state index is 13.9. The van der Waals surface area contributed by atoms with Crippen LogP contribution in [0.25, 0.3) is 0 Å². The first-order valence-electron chi connectivity index (χ1n) is 9.88. The summed E-state index contributed by atoms with van der Waals surface area (Å²) in [6.07, 6.45) is 3.25. The number of benzene rings is 2. The van der Waals surface area contributed by atoms with Crippen molar-refractivity contribution in [2.45, 2.75) is 44.7 Å². The molecule has 2 aromatic rings. The Bertz CT molecular complexity index is 829. The number of carbonyl (C=O) groups excluding carboxylic acids is 1. The molecule has 0 aliphatic carbocycles.